The molecule has 0 unspecified atom stereocenters. The first-order valence-electron chi connectivity index (χ1n) is 11.0. The van der Waals surface area contributed by atoms with Gasteiger partial charge in [0, 0.05) is 11.4 Å². The zero-order valence-electron chi connectivity index (χ0n) is 20.3. The van der Waals surface area contributed by atoms with E-state index in [1.165, 1.54) is 32.1 Å². The minimum Gasteiger partial charge on any atom is -0.493 e. The van der Waals surface area contributed by atoms with Gasteiger partial charge in [-0.15, -0.1) is 0 Å². The number of thioether (sulfide) groups is 1. The quantitative estimate of drug-likeness (QED) is 0.359. The van der Waals surface area contributed by atoms with Crippen LogP contribution in [0.4, 0.5) is 5.69 Å². The molecule has 0 aromatic heterocycles. The number of nitrogens with zero attached hydrogens (tertiary/aromatic N) is 1. The molecule has 1 amide bonds. The highest BCUT2D eigenvalue weighted by Gasteiger charge is 2.36. The molecule has 36 heavy (non-hydrogen) atoms. The van der Waals surface area contributed by atoms with Crippen molar-refractivity contribution in [3.63, 3.8) is 0 Å². The Bertz CT molecular complexity index is 1250. The van der Waals surface area contributed by atoms with Gasteiger partial charge in [-0.1, -0.05) is 48.7 Å². The summed E-state index contributed by atoms with van der Waals surface area (Å²) in [6, 6.07) is 16.6. The molecule has 3 rings (SSSR count). The number of dihydropyridines is 1. The molecule has 0 saturated carbocycles. The van der Waals surface area contributed by atoms with Crippen LogP contribution in [0.2, 0.25) is 0 Å². The number of nitriles is 1. The van der Waals surface area contributed by atoms with Gasteiger partial charge >= 0.3 is 5.97 Å². The van der Waals surface area contributed by atoms with Crippen LogP contribution in [-0.2, 0) is 14.3 Å². The number of rotatable bonds is 10. The van der Waals surface area contributed by atoms with Crippen LogP contribution in [0.1, 0.15) is 18.4 Å². The molecule has 1 aliphatic heterocycles. The van der Waals surface area contributed by atoms with Gasteiger partial charge in [0.15, 0.2) is 11.5 Å². The number of hydrogen-bond donors (Lipinski definition) is 2. The van der Waals surface area contributed by atoms with E-state index in [4.69, 9.17) is 14.2 Å². The fraction of sp³-hybridized carbons (Fsp3) is 0.222. The molecule has 1 heterocycles. The highest BCUT2D eigenvalue weighted by molar-refractivity contribution is 8.03. The summed E-state index contributed by atoms with van der Waals surface area (Å²) in [5.41, 5.74) is 2.42. The summed E-state index contributed by atoms with van der Waals surface area (Å²) >= 11 is 1.18. The highest BCUT2D eigenvalue weighted by atomic mass is 32.2. The van der Waals surface area contributed by atoms with Crippen molar-refractivity contribution in [3.05, 3.63) is 88.6 Å². The molecule has 1 atom stereocenters. The minimum absolute atomic E-state index is 0.0289. The zero-order chi connectivity index (χ0) is 26.1. The lowest BCUT2D eigenvalue weighted by Gasteiger charge is -2.29. The fourth-order valence-electron chi connectivity index (χ4n) is 3.73. The molecule has 1 aliphatic rings. The van der Waals surface area contributed by atoms with Crippen molar-refractivity contribution < 1.29 is 23.8 Å². The number of allylic oxidation sites excluding steroid dienone is 2. The molecule has 0 spiro atoms. The van der Waals surface area contributed by atoms with Crippen LogP contribution in [0.15, 0.2) is 83.1 Å². The van der Waals surface area contributed by atoms with E-state index in [0.29, 0.717) is 39.0 Å². The number of carbonyl (C=O) groups excluding carboxylic acids is 2. The summed E-state index contributed by atoms with van der Waals surface area (Å²) in [4.78, 5) is 25.6. The molecule has 0 fully saturated rings. The molecule has 9 heteroatoms. The van der Waals surface area contributed by atoms with Gasteiger partial charge in [0.1, 0.15) is 6.61 Å². The molecule has 2 aromatic rings. The molecule has 0 saturated heterocycles. The third-order valence-corrected chi connectivity index (χ3v) is 6.36. The monoisotopic (exact) mass is 505 g/mol. The summed E-state index contributed by atoms with van der Waals surface area (Å²) in [7, 11) is 3.04. The standard InChI is InChI=1S/C27H27N3O5S/c1-5-13-35-27(32)24-17(2)29-26(36-16-23(31)30-19-9-7-6-8-10-19)20(15-28)25(24)18-11-12-21(33-3)22(14-18)34-4/h5-12,14,25,29H,1,13,16H2,2-4H3,(H,30,31)/t25-/m0/s1. The number of methoxy groups -OCH3 is 2. The summed E-state index contributed by atoms with van der Waals surface area (Å²) in [5, 5.41) is 16.6. The van der Waals surface area contributed by atoms with Crippen LogP contribution in [-0.4, -0.2) is 38.5 Å². The fourth-order valence-corrected chi connectivity index (χ4v) is 4.62. The molecule has 2 aromatic carbocycles. The summed E-state index contributed by atoms with van der Waals surface area (Å²) in [5.74, 6) is -0.505. The minimum atomic E-state index is -0.743. The normalized spacial score (nSPS) is 14.9. The maximum absolute atomic E-state index is 13.0. The summed E-state index contributed by atoms with van der Waals surface area (Å²) in [6.07, 6.45) is 1.48. The number of para-hydroxylation sites is 1. The van der Waals surface area contributed by atoms with Gasteiger partial charge in [-0.3, -0.25) is 4.79 Å². The lowest BCUT2D eigenvalue weighted by atomic mass is 9.82. The Morgan fingerprint density at radius 1 is 1.17 bits per heavy atom. The van der Waals surface area contributed by atoms with Crippen LogP contribution >= 0.6 is 11.8 Å². The maximum atomic E-state index is 13.0. The van der Waals surface area contributed by atoms with Crippen LogP contribution in [0.25, 0.3) is 0 Å². The number of amides is 1. The van der Waals surface area contributed by atoms with Crippen LogP contribution in [0, 0.1) is 11.3 Å². The second kappa shape index (κ2) is 12.5. The van der Waals surface area contributed by atoms with Gasteiger partial charge < -0.3 is 24.8 Å². The highest BCUT2D eigenvalue weighted by Crippen LogP contribution is 2.43. The topological polar surface area (TPSA) is 110 Å². The van der Waals surface area contributed by atoms with Gasteiger partial charge in [-0.25, -0.2) is 4.79 Å². The number of benzene rings is 2. The van der Waals surface area contributed by atoms with Gasteiger partial charge in [0.25, 0.3) is 0 Å². The number of esters is 1. The van der Waals surface area contributed by atoms with Crippen LogP contribution in [0.3, 0.4) is 0 Å². The Hall–Kier alpha value is -4.16. The van der Waals surface area contributed by atoms with E-state index in [9.17, 15) is 14.9 Å². The average molecular weight is 506 g/mol. The van der Waals surface area contributed by atoms with Gasteiger partial charge in [-0.2, -0.15) is 5.26 Å². The summed E-state index contributed by atoms with van der Waals surface area (Å²) < 4.78 is 16.1. The Morgan fingerprint density at radius 2 is 1.89 bits per heavy atom. The lowest BCUT2D eigenvalue weighted by molar-refractivity contribution is -0.138. The van der Waals surface area contributed by atoms with Gasteiger partial charge in [0.2, 0.25) is 5.91 Å². The van der Waals surface area contributed by atoms with Crippen molar-refractivity contribution in [1.29, 1.82) is 5.26 Å². The Morgan fingerprint density at radius 3 is 2.53 bits per heavy atom. The van der Waals surface area contributed by atoms with E-state index in [0.717, 1.165) is 0 Å². The molecule has 8 nitrogen and oxygen atoms in total. The largest absolute Gasteiger partial charge is 0.493 e. The first-order chi connectivity index (χ1) is 17.4. The van der Waals surface area contributed by atoms with E-state index >= 15 is 0 Å². The number of anilines is 1. The second-order valence-electron chi connectivity index (χ2n) is 7.66. The molecular formula is C27H27N3O5S. The van der Waals surface area contributed by atoms with Gasteiger partial charge in [-0.05, 0) is 36.8 Å². The Labute approximate surface area is 214 Å². The zero-order valence-corrected chi connectivity index (χ0v) is 21.1. The summed E-state index contributed by atoms with van der Waals surface area (Å²) in [6.45, 7) is 5.35. The van der Waals surface area contributed by atoms with Crippen molar-refractivity contribution in [1.82, 2.24) is 5.32 Å². The van der Waals surface area contributed by atoms with E-state index in [1.807, 2.05) is 18.2 Å². The smallest absolute Gasteiger partial charge is 0.337 e. The predicted octanol–water partition coefficient (Wildman–Crippen LogP) is 4.50. The maximum Gasteiger partial charge on any atom is 0.337 e. The van der Waals surface area contributed by atoms with E-state index in [2.05, 4.69) is 23.3 Å². The van der Waals surface area contributed by atoms with Crippen LogP contribution in [0.5, 0.6) is 11.5 Å². The van der Waals surface area contributed by atoms with Crippen molar-refractivity contribution in [2.24, 2.45) is 0 Å². The van der Waals surface area contributed by atoms with Crippen molar-refractivity contribution in [3.8, 4) is 17.6 Å². The molecule has 0 bridgehead atoms. The van der Waals surface area contributed by atoms with E-state index in [-0.39, 0.29) is 23.8 Å². The van der Waals surface area contributed by atoms with Crippen molar-refractivity contribution >= 4 is 29.3 Å². The van der Waals surface area contributed by atoms with Gasteiger partial charge in [0.05, 0.1) is 48.1 Å². The number of ether oxygens (including phenoxy) is 3. The lowest BCUT2D eigenvalue weighted by Crippen LogP contribution is -2.29. The number of carbonyl (C=O) groups is 2. The average Bonchev–Trinajstić information content (AvgIpc) is 2.90. The number of nitrogens with one attached hydrogen (secondary N) is 2. The SMILES string of the molecule is C=CCOC(=O)C1=C(C)NC(SCC(=O)Nc2ccccc2)=C(C#N)[C@@H]1c1ccc(OC)c(OC)c1. The Balaban J connectivity index is 1.98. The van der Waals surface area contributed by atoms with E-state index in [1.54, 1.807) is 37.3 Å². The van der Waals surface area contributed by atoms with Crippen molar-refractivity contribution in [2.75, 3.05) is 31.9 Å². The second-order valence-corrected chi connectivity index (χ2v) is 8.64. The third-order valence-electron chi connectivity index (χ3n) is 5.35. The van der Waals surface area contributed by atoms with Crippen LogP contribution < -0.4 is 20.1 Å². The molecule has 0 aliphatic carbocycles. The van der Waals surface area contributed by atoms with Crippen molar-refractivity contribution in [2.45, 2.75) is 12.8 Å². The predicted molar refractivity (Wildman–Crippen MR) is 139 cm³/mol. The molecular weight excluding hydrogens is 478 g/mol. The molecule has 0 radical (unpaired) electrons. The van der Waals surface area contributed by atoms with E-state index < -0.39 is 11.9 Å². The third kappa shape index (κ3) is 6.09. The molecule has 186 valence electrons. The Kier molecular flexibility index (Phi) is 9.19. The first kappa shape index (κ1) is 26.4. The molecule has 2 N–H and O–H groups in total. The number of hydrogen-bond acceptors (Lipinski definition) is 8. The first-order valence-corrected chi connectivity index (χ1v) is 12.0.